The van der Waals surface area contributed by atoms with Gasteiger partial charge in [0.25, 0.3) is 0 Å². The summed E-state index contributed by atoms with van der Waals surface area (Å²) in [4.78, 5) is 13.0. The van der Waals surface area contributed by atoms with E-state index in [-0.39, 0.29) is 17.5 Å². The van der Waals surface area contributed by atoms with Crippen LogP contribution in [0.3, 0.4) is 0 Å². The van der Waals surface area contributed by atoms with Crippen molar-refractivity contribution in [1.82, 2.24) is 9.21 Å². The summed E-state index contributed by atoms with van der Waals surface area (Å²) < 4.78 is 26.6. The van der Waals surface area contributed by atoms with E-state index in [0.29, 0.717) is 18.0 Å². The fourth-order valence-corrected chi connectivity index (χ4v) is 4.50. The Hall–Kier alpha value is -1.31. The van der Waals surface area contributed by atoms with Crippen molar-refractivity contribution < 1.29 is 18.3 Å². The first-order valence-electron chi connectivity index (χ1n) is 7.31. The topological polar surface area (TPSA) is 77.9 Å². The van der Waals surface area contributed by atoms with Crippen molar-refractivity contribution in [3.8, 4) is 0 Å². The van der Waals surface area contributed by atoms with Gasteiger partial charge in [-0.2, -0.15) is 4.31 Å². The molecule has 23 heavy (non-hydrogen) atoms. The Morgan fingerprint density at radius 2 is 1.87 bits per heavy atom. The Kier molecular flexibility index (Phi) is 4.94. The molecule has 1 N–H and O–H groups in total. The maximum absolute atomic E-state index is 12.7. The summed E-state index contributed by atoms with van der Waals surface area (Å²) in [5.41, 5.74) is -0.587. The molecule has 6 nitrogen and oxygen atoms in total. The van der Waals surface area contributed by atoms with Gasteiger partial charge >= 0.3 is 6.09 Å². The van der Waals surface area contributed by atoms with Crippen LogP contribution in [0.5, 0.6) is 0 Å². The van der Waals surface area contributed by atoms with E-state index in [1.54, 1.807) is 20.8 Å². The minimum Gasteiger partial charge on any atom is -0.465 e. The van der Waals surface area contributed by atoms with Crippen LogP contribution in [-0.2, 0) is 10.0 Å². The molecule has 1 aromatic rings. The van der Waals surface area contributed by atoms with Crippen molar-refractivity contribution in [2.75, 3.05) is 13.1 Å². The van der Waals surface area contributed by atoms with Crippen molar-refractivity contribution in [3.05, 3.63) is 29.3 Å². The number of rotatable bonds is 3. The lowest BCUT2D eigenvalue weighted by molar-refractivity contribution is 0.0742. The minimum absolute atomic E-state index is 0.161. The summed E-state index contributed by atoms with van der Waals surface area (Å²) in [5, 5.41) is 9.91. The van der Waals surface area contributed by atoms with Crippen LogP contribution in [-0.4, -0.2) is 53.5 Å². The van der Waals surface area contributed by atoms with Crippen LogP contribution in [0.1, 0.15) is 27.2 Å². The first-order valence-corrected chi connectivity index (χ1v) is 9.13. The van der Waals surface area contributed by atoms with Gasteiger partial charge in [0.05, 0.1) is 10.9 Å². The molecule has 1 fully saturated rings. The predicted octanol–water partition coefficient (Wildman–Crippen LogP) is 2.88. The van der Waals surface area contributed by atoms with E-state index in [1.165, 1.54) is 33.5 Å². The molecule has 1 aliphatic heterocycles. The molecule has 0 saturated carbocycles. The van der Waals surface area contributed by atoms with Gasteiger partial charge in [0.15, 0.2) is 0 Å². The second-order valence-electron chi connectivity index (χ2n) is 6.58. The van der Waals surface area contributed by atoms with Gasteiger partial charge in [0, 0.05) is 23.7 Å². The van der Waals surface area contributed by atoms with Gasteiger partial charge in [-0.15, -0.1) is 0 Å². The molecule has 1 heterocycles. The summed E-state index contributed by atoms with van der Waals surface area (Å²) in [6.45, 7) is 5.87. The normalized spacial score (nSPS) is 19.7. The second-order valence-corrected chi connectivity index (χ2v) is 8.96. The molecule has 0 unspecified atom stereocenters. The van der Waals surface area contributed by atoms with Gasteiger partial charge in [0.1, 0.15) is 0 Å². The zero-order chi connectivity index (χ0) is 17.4. The molecule has 1 amide bonds. The molecular weight excluding hydrogens is 340 g/mol. The highest BCUT2D eigenvalue weighted by Crippen LogP contribution is 2.28. The minimum atomic E-state index is -3.64. The van der Waals surface area contributed by atoms with Gasteiger partial charge in [-0.3, -0.25) is 4.90 Å². The summed E-state index contributed by atoms with van der Waals surface area (Å²) in [6.07, 6.45) is -0.552. The van der Waals surface area contributed by atoms with Gasteiger partial charge in [0.2, 0.25) is 10.0 Å². The van der Waals surface area contributed by atoms with Gasteiger partial charge in [-0.1, -0.05) is 11.6 Å². The molecule has 1 aliphatic rings. The van der Waals surface area contributed by atoms with Gasteiger partial charge < -0.3 is 5.11 Å². The average Bonchev–Trinajstić information content (AvgIpc) is 2.87. The maximum Gasteiger partial charge on any atom is 0.408 e. The van der Waals surface area contributed by atoms with Crippen LogP contribution in [0.4, 0.5) is 4.79 Å². The Morgan fingerprint density at radius 1 is 1.30 bits per heavy atom. The highest BCUT2D eigenvalue weighted by molar-refractivity contribution is 7.89. The van der Waals surface area contributed by atoms with E-state index in [0.717, 1.165) is 0 Å². The first kappa shape index (κ1) is 18.0. The third-order valence-corrected chi connectivity index (χ3v) is 6.00. The number of halogens is 1. The summed E-state index contributed by atoms with van der Waals surface area (Å²) in [5.74, 6) is 0. The largest absolute Gasteiger partial charge is 0.465 e. The Labute approximate surface area is 141 Å². The quantitative estimate of drug-likeness (QED) is 0.899. The molecule has 1 atom stereocenters. The van der Waals surface area contributed by atoms with Crippen molar-refractivity contribution in [3.63, 3.8) is 0 Å². The third-order valence-electron chi connectivity index (χ3n) is 3.87. The monoisotopic (exact) mass is 360 g/mol. The van der Waals surface area contributed by atoms with Crippen LogP contribution in [0.2, 0.25) is 5.02 Å². The summed E-state index contributed by atoms with van der Waals surface area (Å²) in [7, 11) is -3.64. The van der Waals surface area contributed by atoms with Crippen LogP contribution >= 0.6 is 11.6 Å². The number of benzene rings is 1. The highest BCUT2D eigenvalue weighted by Gasteiger charge is 2.40. The number of carbonyl (C=O) groups is 1. The average molecular weight is 361 g/mol. The summed E-state index contributed by atoms with van der Waals surface area (Å²) in [6, 6.07) is 5.63. The molecule has 8 heteroatoms. The van der Waals surface area contributed by atoms with Gasteiger partial charge in [-0.05, 0) is 51.5 Å². The number of amides is 1. The van der Waals surface area contributed by atoms with Crippen molar-refractivity contribution >= 4 is 27.7 Å². The molecular formula is C15H21ClN2O4S. The molecule has 0 radical (unpaired) electrons. The second kappa shape index (κ2) is 6.30. The molecule has 0 spiro atoms. The Bertz CT molecular complexity index is 682. The van der Waals surface area contributed by atoms with Crippen molar-refractivity contribution in [1.29, 1.82) is 0 Å². The lowest BCUT2D eigenvalue weighted by Crippen LogP contribution is -2.52. The van der Waals surface area contributed by atoms with E-state index < -0.39 is 21.7 Å². The molecule has 0 bridgehead atoms. The third kappa shape index (κ3) is 3.79. The number of nitrogens with zero attached hydrogens (tertiary/aromatic N) is 2. The van der Waals surface area contributed by atoms with Crippen LogP contribution in [0.15, 0.2) is 29.2 Å². The summed E-state index contributed by atoms with van der Waals surface area (Å²) >= 11 is 5.79. The molecule has 128 valence electrons. The Morgan fingerprint density at radius 3 is 2.35 bits per heavy atom. The number of hydrogen-bond acceptors (Lipinski definition) is 3. The zero-order valence-corrected chi connectivity index (χ0v) is 14.9. The molecule has 1 saturated heterocycles. The zero-order valence-electron chi connectivity index (χ0n) is 13.4. The van der Waals surface area contributed by atoms with E-state index in [1.807, 2.05) is 0 Å². The molecule has 2 rings (SSSR count). The maximum atomic E-state index is 12.7. The standard InChI is InChI=1S/C15H21ClN2O4S/c1-15(2,3)18(14(19)20)12-8-9-17(10-12)23(21,22)13-6-4-11(16)5-7-13/h4-7,12H,8-10H2,1-3H3,(H,19,20)/t12-/m1/s1. The predicted molar refractivity (Wildman–Crippen MR) is 88.2 cm³/mol. The van der Waals surface area contributed by atoms with E-state index in [2.05, 4.69) is 0 Å². The Balaban J connectivity index is 2.22. The number of sulfonamides is 1. The number of hydrogen-bond donors (Lipinski definition) is 1. The molecule has 0 aromatic heterocycles. The van der Waals surface area contributed by atoms with Gasteiger partial charge in [-0.25, -0.2) is 13.2 Å². The van der Waals surface area contributed by atoms with Crippen LogP contribution in [0, 0.1) is 0 Å². The van der Waals surface area contributed by atoms with Crippen LogP contribution < -0.4 is 0 Å². The lowest BCUT2D eigenvalue weighted by Gasteiger charge is -2.37. The molecule has 0 aliphatic carbocycles. The lowest BCUT2D eigenvalue weighted by atomic mass is 10.0. The van der Waals surface area contributed by atoms with E-state index >= 15 is 0 Å². The van der Waals surface area contributed by atoms with E-state index in [9.17, 15) is 18.3 Å². The molecule has 1 aromatic carbocycles. The fraction of sp³-hybridized carbons (Fsp3) is 0.533. The van der Waals surface area contributed by atoms with Crippen molar-refractivity contribution in [2.24, 2.45) is 0 Å². The van der Waals surface area contributed by atoms with Crippen LogP contribution in [0.25, 0.3) is 0 Å². The smallest absolute Gasteiger partial charge is 0.408 e. The van der Waals surface area contributed by atoms with Crippen molar-refractivity contribution in [2.45, 2.75) is 43.7 Å². The highest BCUT2D eigenvalue weighted by atomic mass is 35.5. The first-order chi connectivity index (χ1) is 10.5. The number of carboxylic acid groups (broad SMARTS) is 1. The fourth-order valence-electron chi connectivity index (χ4n) is 2.89. The van der Waals surface area contributed by atoms with E-state index in [4.69, 9.17) is 11.6 Å². The SMILES string of the molecule is CC(C)(C)N(C(=O)O)[C@@H]1CCN(S(=O)(=O)c2ccc(Cl)cc2)C1.